The van der Waals surface area contributed by atoms with Gasteiger partial charge in [0.05, 0.1) is 5.56 Å². The zero-order valence-electron chi connectivity index (χ0n) is 9.27. The fourth-order valence-electron chi connectivity index (χ4n) is 1.63. The van der Waals surface area contributed by atoms with Crippen molar-refractivity contribution in [1.29, 1.82) is 0 Å². The van der Waals surface area contributed by atoms with Gasteiger partial charge in [0.15, 0.2) is 0 Å². The maximum absolute atomic E-state index is 12.6. The number of nitrogens with one attached hydrogen (secondary N) is 1. The number of benzene rings is 1. The first kappa shape index (κ1) is 13.0. The van der Waals surface area contributed by atoms with E-state index in [0.29, 0.717) is 12.0 Å². The molecule has 0 heterocycles. The van der Waals surface area contributed by atoms with Crippen molar-refractivity contribution >= 4 is 0 Å². The first-order chi connectivity index (χ1) is 7.55. The van der Waals surface area contributed by atoms with E-state index in [1.54, 1.807) is 12.1 Å². The van der Waals surface area contributed by atoms with E-state index in [9.17, 15) is 13.2 Å². The average Bonchev–Trinajstić information content (AvgIpc) is 2.24. The van der Waals surface area contributed by atoms with Crippen molar-refractivity contribution in [2.75, 3.05) is 13.6 Å². The highest BCUT2D eigenvalue weighted by molar-refractivity contribution is 5.29. The smallest absolute Gasteiger partial charge is 0.320 e. The summed E-state index contributed by atoms with van der Waals surface area (Å²) in [6.45, 7) is 0.841. The van der Waals surface area contributed by atoms with E-state index in [1.807, 2.05) is 7.05 Å². The van der Waals surface area contributed by atoms with Crippen LogP contribution in [0.5, 0.6) is 0 Å². The maximum Gasteiger partial charge on any atom is 0.416 e. The standard InChI is InChI=1S/C12H16F3N/c1-16-9-5-4-7-10-6-2-3-8-11(10)12(13,14)15/h2-3,6,8,16H,4-5,7,9H2,1H3. The Hall–Kier alpha value is -1.03. The molecule has 0 aliphatic rings. The molecule has 16 heavy (non-hydrogen) atoms. The summed E-state index contributed by atoms with van der Waals surface area (Å²) in [5.41, 5.74) is -0.106. The summed E-state index contributed by atoms with van der Waals surface area (Å²) in [4.78, 5) is 0. The van der Waals surface area contributed by atoms with Crippen molar-refractivity contribution in [1.82, 2.24) is 5.32 Å². The number of hydrogen-bond donors (Lipinski definition) is 1. The third-order valence-electron chi connectivity index (χ3n) is 2.45. The van der Waals surface area contributed by atoms with Crippen LogP contribution in [0.1, 0.15) is 24.0 Å². The van der Waals surface area contributed by atoms with Gasteiger partial charge in [0.1, 0.15) is 0 Å². The topological polar surface area (TPSA) is 12.0 Å². The maximum atomic E-state index is 12.6. The van der Waals surface area contributed by atoms with Crippen LogP contribution in [0.25, 0.3) is 0 Å². The molecule has 0 spiro atoms. The largest absolute Gasteiger partial charge is 0.416 e. The predicted molar refractivity (Wildman–Crippen MR) is 58.3 cm³/mol. The number of halogens is 3. The van der Waals surface area contributed by atoms with Gasteiger partial charge in [0, 0.05) is 0 Å². The summed E-state index contributed by atoms with van der Waals surface area (Å²) in [7, 11) is 1.84. The van der Waals surface area contributed by atoms with Gasteiger partial charge in [0.2, 0.25) is 0 Å². The van der Waals surface area contributed by atoms with Gasteiger partial charge in [-0.1, -0.05) is 18.2 Å². The number of rotatable bonds is 5. The highest BCUT2D eigenvalue weighted by Crippen LogP contribution is 2.32. The van der Waals surface area contributed by atoms with Crippen LogP contribution in [-0.2, 0) is 12.6 Å². The van der Waals surface area contributed by atoms with Crippen LogP contribution in [0.3, 0.4) is 0 Å². The van der Waals surface area contributed by atoms with Crippen molar-refractivity contribution in [2.45, 2.75) is 25.4 Å². The molecule has 0 saturated heterocycles. The van der Waals surface area contributed by atoms with Crippen molar-refractivity contribution < 1.29 is 13.2 Å². The minimum Gasteiger partial charge on any atom is -0.320 e. The summed E-state index contributed by atoms with van der Waals surface area (Å²) in [6.07, 6.45) is -2.09. The Morgan fingerprint density at radius 3 is 2.44 bits per heavy atom. The molecule has 4 heteroatoms. The number of hydrogen-bond acceptors (Lipinski definition) is 1. The van der Waals surface area contributed by atoms with Gasteiger partial charge < -0.3 is 5.32 Å². The summed E-state index contributed by atoms with van der Waals surface area (Å²) >= 11 is 0. The summed E-state index contributed by atoms with van der Waals surface area (Å²) < 4.78 is 37.8. The zero-order valence-corrected chi connectivity index (χ0v) is 9.27. The van der Waals surface area contributed by atoms with Crippen LogP contribution in [0.15, 0.2) is 24.3 Å². The minimum absolute atomic E-state index is 0.395. The van der Waals surface area contributed by atoms with E-state index in [2.05, 4.69) is 5.32 Å². The van der Waals surface area contributed by atoms with Crippen LogP contribution in [0.2, 0.25) is 0 Å². The molecule has 0 atom stereocenters. The van der Waals surface area contributed by atoms with Crippen molar-refractivity contribution in [3.05, 3.63) is 35.4 Å². The lowest BCUT2D eigenvalue weighted by molar-refractivity contribution is -0.138. The molecular formula is C12H16F3N. The molecule has 1 aromatic rings. The van der Waals surface area contributed by atoms with Crippen molar-refractivity contribution in [3.8, 4) is 0 Å². The quantitative estimate of drug-likeness (QED) is 0.767. The molecule has 0 saturated carbocycles. The molecule has 0 aromatic heterocycles. The highest BCUT2D eigenvalue weighted by atomic mass is 19.4. The Morgan fingerprint density at radius 1 is 1.12 bits per heavy atom. The summed E-state index contributed by atoms with van der Waals surface area (Å²) in [6, 6.07) is 5.79. The molecule has 0 radical (unpaired) electrons. The average molecular weight is 231 g/mol. The van der Waals surface area contributed by atoms with Gasteiger partial charge in [-0.25, -0.2) is 0 Å². The SMILES string of the molecule is CNCCCCc1ccccc1C(F)(F)F. The van der Waals surface area contributed by atoms with E-state index in [-0.39, 0.29) is 0 Å². The van der Waals surface area contributed by atoms with Crippen LogP contribution < -0.4 is 5.32 Å². The molecule has 90 valence electrons. The third-order valence-corrected chi connectivity index (χ3v) is 2.45. The van der Waals surface area contributed by atoms with Gasteiger partial charge in [-0.3, -0.25) is 0 Å². The molecule has 1 nitrogen and oxygen atoms in total. The minimum atomic E-state index is -4.24. The molecule has 0 fully saturated rings. The van der Waals surface area contributed by atoms with Gasteiger partial charge >= 0.3 is 6.18 Å². The molecule has 1 rings (SSSR count). The lowest BCUT2D eigenvalue weighted by Gasteiger charge is -2.12. The first-order valence-electron chi connectivity index (χ1n) is 5.35. The second-order valence-corrected chi connectivity index (χ2v) is 3.72. The Labute approximate surface area is 93.7 Å². The van der Waals surface area contributed by atoms with Crippen LogP contribution >= 0.6 is 0 Å². The monoisotopic (exact) mass is 231 g/mol. The Bertz CT molecular complexity index is 320. The number of unbranched alkanes of at least 4 members (excludes halogenated alkanes) is 1. The fraction of sp³-hybridized carbons (Fsp3) is 0.500. The summed E-state index contributed by atoms with van der Waals surface area (Å²) in [5, 5.41) is 2.98. The molecule has 0 aliphatic carbocycles. The molecule has 0 amide bonds. The van der Waals surface area contributed by atoms with Crippen LogP contribution in [0.4, 0.5) is 13.2 Å². The lowest BCUT2D eigenvalue weighted by Crippen LogP contribution is -2.10. The van der Waals surface area contributed by atoms with Crippen molar-refractivity contribution in [3.63, 3.8) is 0 Å². The first-order valence-corrected chi connectivity index (χ1v) is 5.35. The molecule has 0 unspecified atom stereocenters. The third kappa shape index (κ3) is 3.85. The molecule has 1 aromatic carbocycles. The highest BCUT2D eigenvalue weighted by Gasteiger charge is 2.32. The van der Waals surface area contributed by atoms with Gasteiger partial charge in [-0.05, 0) is 44.5 Å². The number of alkyl halides is 3. The van der Waals surface area contributed by atoms with E-state index in [0.717, 1.165) is 25.5 Å². The van der Waals surface area contributed by atoms with Gasteiger partial charge in [0.25, 0.3) is 0 Å². The predicted octanol–water partition coefficient (Wildman–Crippen LogP) is 3.25. The van der Waals surface area contributed by atoms with Crippen LogP contribution in [-0.4, -0.2) is 13.6 Å². The second kappa shape index (κ2) is 5.89. The van der Waals surface area contributed by atoms with E-state index < -0.39 is 11.7 Å². The van der Waals surface area contributed by atoms with E-state index in [4.69, 9.17) is 0 Å². The second-order valence-electron chi connectivity index (χ2n) is 3.72. The van der Waals surface area contributed by atoms with Gasteiger partial charge in [-0.15, -0.1) is 0 Å². The lowest BCUT2D eigenvalue weighted by atomic mass is 10.0. The molecule has 0 aliphatic heterocycles. The molecule has 1 N–H and O–H groups in total. The van der Waals surface area contributed by atoms with E-state index >= 15 is 0 Å². The Morgan fingerprint density at radius 2 is 1.81 bits per heavy atom. The van der Waals surface area contributed by atoms with Gasteiger partial charge in [-0.2, -0.15) is 13.2 Å². The number of aryl methyl sites for hydroxylation is 1. The van der Waals surface area contributed by atoms with E-state index in [1.165, 1.54) is 6.07 Å². The fourth-order valence-corrected chi connectivity index (χ4v) is 1.63. The Balaban J connectivity index is 2.65. The van der Waals surface area contributed by atoms with Crippen LogP contribution in [0, 0.1) is 0 Å². The zero-order chi connectivity index (χ0) is 12.0. The molecule has 0 bridgehead atoms. The normalized spacial score (nSPS) is 11.8. The van der Waals surface area contributed by atoms with Crippen molar-refractivity contribution in [2.24, 2.45) is 0 Å². The Kier molecular flexibility index (Phi) is 4.80. The molecular weight excluding hydrogens is 215 g/mol. The summed E-state index contributed by atoms with van der Waals surface area (Å²) in [5.74, 6) is 0.